The lowest BCUT2D eigenvalue weighted by Crippen LogP contribution is -2.00. The molecule has 0 atom stereocenters. The number of unbranched alkanes of at least 4 members (excludes halogenated alkanes) is 12. The van der Waals surface area contributed by atoms with E-state index < -0.39 is 3.79 Å². The highest BCUT2D eigenvalue weighted by molar-refractivity contribution is 6.67. The molecule has 4 heteroatoms. The predicted octanol–water partition coefficient (Wildman–Crippen LogP) is 6.60. The summed E-state index contributed by atoms with van der Waals surface area (Å²) in [5, 5.41) is 0. The van der Waals surface area contributed by atoms with Crippen molar-refractivity contribution in [2.24, 2.45) is 0 Å². The van der Waals surface area contributed by atoms with Crippen molar-refractivity contribution in [1.82, 2.24) is 0 Å². The highest BCUT2D eigenvalue weighted by Gasteiger charge is 2.17. The molecule has 0 aromatic heterocycles. The van der Waals surface area contributed by atoms with Crippen LogP contribution >= 0.6 is 34.8 Å². The van der Waals surface area contributed by atoms with Crippen molar-refractivity contribution >= 4 is 45.0 Å². The summed E-state index contributed by atoms with van der Waals surface area (Å²) >= 11 is 17.2. The molecule has 0 amide bonds. The van der Waals surface area contributed by atoms with Gasteiger partial charge in [-0.15, -0.1) is 0 Å². The molecule has 0 aromatic rings. The van der Waals surface area contributed by atoms with Gasteiger partial charge in [0.05, 0.1) is 0 Å². The van der Waals surface area contributed by atoms with E-state index in [1.165, 1.54) is 93.3 Å². The third-order valence-electron chi connectivity index (χ3n) is 3.81. The molecule has 0 spiro atoms. The van der Waals surface area contributed by atoms with Gasteiger partial charge < -0.3 is 0 Å². The van der Waals surface area contributed by atoms with Gasteiger partial charge in [0.15, 0.2) is 3.79 Å². The lowest BCUT2D eigenvalue weighted by Gasteiger charge is -2.09. The summed E-state index contributed by atoms with van der Waals surface area (Å²) in [7, 11) is 1.39. The molecule has 0 unspecified atom stereocenters. The highest BCUT2D eigenvalue weighted by atomic mass is 35.6. The molecule has 0 radical (unpaired) electrons. The van der Waals surface area contributed by atoms with Crippen molar-refractivity contribution in [3.05, 3.63) is 0 Å². The van der Waals surface area contributed by atoms with E-state index in [9.17, 15) is 0 Å². The zero-order chi connectivity index (χ0) is 15.1. The predicted molar refractivity (Wildman–Crippen MR) is 99.7 cm³/mol. The van der Waals surface area contributed by atoms with E-state index in [4.69, 9.17) is 34.8 Å². The lowest BCUT2D eigenvalue weighted by atomic mass is 10.0. The van der Waals surface area contributed by atoms with Gasteiger partial charge in [0, 0.05) is 10.2 Å². The molecular formula is C16H33Cl3Si. The number of halogens is 3. The molecular weight excluding hydrogens is 327 g/mol. The second kappa shape index (κ2) is 15.0. The molecule has 122 valence electrons. The van der Waals surface area contributed by atoms with E-state index in [-0.39, 0.29) is 0 Å². The van der Waals surface area contributed by atoms with Crippen molar-refractivity contribution in [3.63, 3.8) is 0 Å². The maximum absolute atomic E-state index is 5.72. The molecule has 0 heterocycles. The Labute approximate surface area is 144 Å². The quantitative estimate of drug-likeness (QED) is 0.186. The smallest absolute Gasteiger partial charge is 0.0837 e. The van der Waals surface area contributed by atoms with Crippen LogP contribution in [-0.2, 0) is 0 Å². The van der Waals surface area contributed by atoms with Gasteiger partial charge in [0.1, 0.15) is 0 Å². The van der Waals surface area contributed by atoms with Gasteiger partial charge in [0.25, 0.3) is 0 Å². The van der Waals surface area contributed by atoms with Gasteiger partial charge in [-0.2, -0.15) is 0 Å². The SMILES string of the molecule is [SiH3]CCCCCCCCCCCCCCCC(Cl)(Cl)Cl. The minimum Gasteiger partial charge on any atom is -0.0837 e. The largest absolute Gasteiger partial charge is 0.190 e. The molecule has 0 aromatic carbocycles. The Kier molecular flexibility index (Phi) is 15.8. The average Bonchev–Trinajstić information content (AvgIpc) is 2.38. The van der Waals surface area contributed by atoms with E-state index in [0.29, 0.717) is 6.42 Å². The van der Waals surface area contributed by atoms with E-state index in [1.54, 1.807) is 0 Å². The molecule has 0 saturated carbocycles. The minimum atomic E-state index is -1.04. The van der Waals surface area contributed by atoms with Crippen LogP contribution in [0.15, 0.2) is 0 Å². The first-order valence-corrected chi connectivity index (χ1v) is 11.2. The molecule has 0 rings (SSSR count). The highest BCUT2D eigenvalue weighted by Crippen LogP contribution is 2.32. The maximum atomic E-state index is 5.72. The molecule has 0 aliphatic rings. The van der Waals surface area contributed by atoms with E-state index >= 15 is 0 Å². The van der Waals surface area contributed by atoms with Crippen molar-refractivity contribution in [2.75, 3.05) is 0 Å². The Balaban J connectivity index is 2.99. The zero-order valence-corrected chi connectivity index (χ0v) is 17.5. The fourth-order valence-electron chi connectivity index (χ4n) is 2.52. The van der Waals surface area contributed by atoms with Crippen LogP contribution in [-0.4, -0.2) is 14.0 Å². The summed E-state index contributed by atoms with van der Waals surface area (Å²) in [5.74, 6) is 0. The van der Waals surface area contributed by atoms with Crippen LogP contribution in [0.25, 0.3) is 0 Å². The summed E-state index contributed by atoms with van der Waals surface area (Å²) < 4.78 is -1.04. The first-order valence-electron chi connectivity index (χ1n) is 8.63. The van der Waals surface area contributed by atoms with Crippen molar-refractivity contribution < 1.29 is 0 Å². The van der Waals surface area contributed by atoms with Crippen molar-refractivity contribution in [2.45, 2.75) is 99.7 Å². The summed E-state index contributed by atoms with van der Waals surface area (Å²) in [4.78, 5) is 0. The molecule has 0 aliphatic heterocycles. The molecule has 0 bridgehead atoms. The van der Waals surface area contributed by atoms with Crippen molar-refractivity contribution in [1.29, 1.82) is 0 Å². The summed E-state index contributed by atoms with van der Waals surface area (Å²) in [6.07, 6.45) is 18.5. The normalized spacial score (nSPS) is 12.2. The fraction of sp³-hybridized carbons (Fsp3) is 1.00. The van der Waals surface area contributed by atoms with Crippen LogP contribution in [0.3, 0.4) is 0 Å². The average molecular weight is 360 g/mol. The number of rotatable bonds is 14. The second-order valence-corrected chi connectivity index (χ2v) is 9.48. The Morgan fingerprint density at radius 2 is 0.800 bits per heavy atom. The standard InChI is InChI=1S/C16H33Cl3Si/c17-16(18,19)14-12-10-8-6-4-2-1-3-5-7-9-11-13-15-20/h1-15H2,20H3. The van der Waals surface area contributed by atoms with Crippen LogP contribution in [0.1, 0.15) is 89.9 Å². The van der Waals surface area contributed by atoms with Crippen LogP contribution in [0, 0.1) is 0 Å². The third-order valence-corrected chi connectivity index (χ3v) is 5.09. The Morgan fingerprint density at radius 3 is 1.10 bits per heavy atom. The number of hydrogen-bond donors (Lipinski definition) is 0. The monoisotopic (exact) mass is 358 g/mol. The van der Waals surface area contributed by atoms with Crippen LogP contribution in [0.2, 0.25) is 6.04 Å². The molecule has 0 saturated heterocycles. The minimum absolute atomic E-state index is 0.692. The molecule has 0 fully saturated rings. The van der Waals surface area contributed by atoms with Gasteiger partial charge in [-0.05, 0) is 12.8 Å². The topological polar surface area (TPSA) is 0 Å². The van der Waals surface area contributed by atoms with Crippen LogP contribution in [0.4, 0.5) is 0 Å². The Bertz CT molecular complexity index is 193. The van der Waals surface area contributed by atoms with Gasteiger partial charge in [-0.1, -0.05) is 118 Å². The Morgan fingerprint density at radius 1 is 0.500 bits per heavy atom. The van der Waals surface area contributed by atoms with Gasteiger partial charge >= 0.3 is 0 Å². The third kappa shape index (κ3) is 19.1. The number of alkyl halides is 3. The van der Waals surface area contributed by atoms with E-state index in [2.05, 4.69) is 0 Å². The van der Waals surface area contributed by atoms with Crippen molar-refractivity contribution in [3.8, 4) is 0 Å². The molecule has 20 heavy (non-hydrogen) atoms. The molecule has 0 aliphatic carbocycles. The Hall–Kier alpha value is 1.09. The second-order valence-electron chi connectivity index (χ2n) is 5.96. The maximum Gasteiger partial charge on any atom is 0.190 e. The molecule has 0 N–H and O–H groups in total. The van der Waals surface area contributed by atoms with Crippen LogP contribution in [0.5, 0.6) is 0 Å². The fourth-order valence-corrected chi connectivity index (χ4v) is 3.42. The first kappa shape index (κ1) is 21.1. The zero-order valence-electron chi connectivity index (χ0n) is 13.2. The van der Waals surface area contributed by atoms with Gasteiger partial charge in [-0.25, -0.2) is 0 Å². The van der Waals surface area contributed by atoms with Crippen LogP contribution < -0.4 is 0 Å². The van der Waals surface area contributed by atoms with Gasteiger partial charge in [0.2, 0.25) is 0 Å². The van der Waals surface area contributed by atoms with Gasteiger partial charge in [-0.3, -0.25) is 0 Å². The molecule has 0 nitrogen and oxygen atoms in total. The van der Waals surface area contributed by atoms with E-state index in [1.807, 2.05) is 0 Å². The lowest BCUT2D eigenvalue weighted by molar-refractivity contribution is 0.536. The van der Waals surface area contributed by atoms with E-state index in [0.717, 1.165) is 6.42 Å². The summed E-state index contributed by atoms with van der Waals surface area (Å²) in [6, 6.07) is 1.49. The first-order chi connectivity index (χ1) is 9.56. The summed E-state index contributed by atoms with van der Waals surface area (Å²) in [5.41, 5.74) is 0. The number of hydrogen-bond acceptors (Lipinski definition) is 0. The summed E-state index contributed by atoms with van der Waals surface area (Å²) in [6.45, 7) is 0.